The summed E-state index contributed by atoms with van der Waals surface area (Å²) in [5.41, 5.74) is 1.32. The lowest BCUT2D eigenvalue weighted by atomic mass is 9.89. The third kappa shape index (κ3) is 3.07. The number of Topliss-reactive ketones (excluding diaryl/α,β-unsaturated/α-hetero) is 1. The Labute approximate surface area is 145 Å². The Bertz CT molecular complexity index is 781. The first-order valence-electron chi connectivity index (χ1n) is 7.87. The van der Waals surface area contributed by atoms with Crippen molar-refractivity contribution in [2.75, 3.05) is 27.9 Å². The van der Waals surface area contributed by atoms with Gasteiger partial charge in [0.25, 0.3) is 0 Å². The van der Waals surface area contributed by atoms with Crippen LogP contribution in [0.5, 0.6) is 28.7 Å². The van der Waals surface area contributed by atoms with Gasteiger partial charge in [0.2, 0.25) is 5.75 Å². The van der Waals surface area contributed by atoms with Gasteiger partial charge in [0.1, 0.15) is 17.1 Å². The second-order valence-electron chi connectivity index (χ2n) is 5.76. The van der Waals surface area contributed by atoms with Crippen LogP contribution in [0.4, 0.5) is 0 Å². The van der Waals surface area contributed by atoms with Crippen LogP contribution in [0.2, 0.25) is 0 Å². The van der Waals surface area contributed by atoms with Gasteiger partial charge in [-0.1, -0.05) is 12.1 Å². The third-order valence-corrected chi connectivity index (χ3v) is 4.29. The first kappa shape index (κ1) is 17.0. The highest BCUT2D eigenvalue weighted by Crippen LogP contribution is 2.47. The second-order valence-corrected chi connectivity index (χ2v) is 5.76. The highest BCUT2D eigenvalue weighted by molar-refractivity contribution is 6.05. The number of methoxy groups -OCH3 is 3. The molecule has 0 spiro atoms. The summed E-state index contributed by atoms with van der Waals surface area (Å²) in [7, 11) is 4.45. The highest BCUT2D eigenvalue weighted by Gasteiger charge is 2.35. The summed E-state index contributed by atoms with van der Waals surface area (Å²) in [6.07, 6.45) is 0.536. The Kier molecular flexibility index (Phi) is 4.70. The zero-order valence-electron chi connectivity index (χ0n) is 14.4. The maximum atomic E-state index is 13.0. The Hall–Kier alpha value is -2.89. The van der Waals surface area contributed by atoms with Crippen molar-refractivity contribution < 1.29 is 28.8 Å². The lowest BCUT2D eigenvalue weighted by Gasteiger charge is -2.26. The van der Waals surface area contributed by atoms with Crippen LogP contribution in [0.3, 0.4) is 0 Å². The van der Waals surface area contributed by atoms with Crippen LogP contribution in [0.15, 0.2) is 30.3 Å². The van der Waals surface area contributed by atoms with Gasteiger partial charge in [-0.2, -0.15) is 0 Å². The number of carbonyl (C=O) groups is 1. The molecule has 1 N–H and O–H groups in total. The Balaban J connectivity index is 1.92. The van der Waals surface area contributed by atoms with Crippen molar-refractivity contribution in [2.45, 2.75) is 6.42 Å². The van der Waals surface area contributed by atoms with Gasteiger partial charge in [-0.3, -0.25) is 4.79 Å². The van der Waals surface area contributed by atoms with E-state index in [1.807, 2.05) is 24.3 Å². The van der Waals surface area contributed by atoms with Crippen LogP contribution in [0.1, 0.15) is 15.9 Å². The largest absolute Gasteiger partial charge is 0.504 e. The van der Waals surface area contributed by atoms with Crippen molar-refractivity contribution in [1.82, 2.24) is 0 Å². The Morgan fingerprint density at radius 2 is 1.76 bits per heavy atom. The van der Waals surface area contributed by atoms with Crippen LogP contribution >= 0.6 is 0 Å². The number of hydrogen-bond donors (Lipinski definition) is 1. The Morgan fingerprint density at radius 3 is 2.36 bits per heavy atom. The zero-order chi connectivity index (χ0) is 18.0. The fraction of sp³-hybridized carbons (Fsp3) is 0.316. The van der Waals surface area contributed by atoms with Crippen LogP contribution < -0.4 is 18.9 Å². The minimum absolute atomic E-state index is 0.0905. The van der Waals surface area contributed by atoms with Crippen LogP contribution in [-0.4, -0.2) is 38.8 Å². The second kappa shape index (κ2) is 6.93. The molecule has 3 rings (SSSR count). The monoisotopic (exact) mass is 344 g/mol. The van der Waals surface area contributed by atoms with Crippen molar-refractivity contribution >= 4 is 5.78 Å². The van der Waals surface area contributed by atoms with E-state index in [1.54, 1.807) is 7.11 Å². The standard InChI is InChI=1S/C19H20O6/c1-22-13-6-4-11(5-7-13)8-12-10-25-15-9-14(20)18(23-2)19(24-3)16(15)17(12)21/h4-7,9,12,20H,8,10H2,1-3H3. The number of phenolic OH excluding ortho intramolecular Hbond substituents is 1. The van der Waals surface area contributed by atoms with Gasteiger partial charge >= 0.3 is 0 Å². The van der Waals surface area contributed by atoms with E-state index in [1.165, 1.54) is 20.3 Å². The normalized spacial score (nSPS) is 16.0. The van der Waals surface area contributed by atoms with E-state index in [-0.39, 0.29) is 35.6 Å². The molecule has 0 saturated heterocycles. The zero-order valence-corrected chi connectivity index (χ0v) is 14.4. The lowest BCUT2D eigenvalue weighted by molar-refractivity contribution is 0.0824. The van der Waals surface area contributed by atoms with Crippen molar-refractivity contribution in [2.24, 2.45) is 5.92 Å². The summed E-state index contributed by atoms with van der Waals surface area (Å²) in [4.78, 5) is 13.0. The minimum Gasteiger partial charge on any atom is -0.504 e. The van der Waals surface area contributed by atoms with Crippen molar-refractivity contribution in [1.29, 1.82) is 0 Å². The number of ether oxygens (including phenoxy) is 4. The van der Waals surface area contributed by atoms with Crippen molar-refractivity contribution in [3.8, 4) is 28.7 Å². The first-order chi connectivity index (χ1) is 12.1. The molecule has 0 aromatic heterocycles. The summed E-state index contributed by atoms with van der Waals surface area (Å²) in [6.45, 7) is 0.243. The molecule has 1 heterocycles. The van der Waals surface area contributed by atoms with Crippen LogP contribution in [0.25, 0.3) is 0 Å². The number of carbonyl (C=O) groups excluding carboxylic acids is 1. The topological polar surface area (TPSA) is 74.2 Å². The molecule has 2 aromatic carbocycles. The Morgan fingerprint density at radius 1 is 1.08 bits per heavy atom. The van der Waals surface area contributed by atoms with Gasteiger partial charge in [0, 0.05) is 6.07 Å². The van der Waals surface area contributed by atoms with E-state index in [0.29, 0.717) is 17.7 Å². The van der Waals surface area contributed by atoms with E-state index >= 15 is 0 Å². The molecule has 0 saturated carbocycles. The molecule has 0 fully saturated rings. The van der Waals surface area contributed by atoms with Gasteiger partial charge in [0.15, 0.2) is 17.3 Å². The summed E-state index contributed by atoms with van der Waals surface area (Å²) in [6, 6.07) is 8.96. The lowest BCUT2D eigenvalue weighted by Crippen LogP contribution is -2.30. The number of fused-ring (bicyclic) bond motifs is 1. The average molecular weight is 344 g/mol. The maximum Gasteiger partial charge on any atom is 0.204 e. The number of hydrogen-bond acceptors (Lipinski definition) is 6. The van der Waals surface area contributed by atoms with Gasteiger partial charge in [-0.25, -0.2) is 0 Å². The minimum atomic E-state index is -0.343. The van der Waals surface area contributed by atoms with Crippen molar-refractivity contribution in [3.05, 3.63) is 41.5 Å². The summed E-state index contributed by atoms with van der Waals surface area (Å²) < 4.78 is 21.3. The van der Waals surface area contributed by atoms with E-state index in [0.717, 1.165) is 11.3 Å². The molecule has 6 heteroatoms. The van der Waals surface area contributed by atoms with Crippen LogP contribution in [0, 0.1) is 5.92 Å². The van der Waals surface area contributed by atoms with E-state index < -0.39 is 0 Å². The van der Waals surface area contributed by atoms with Crippen molar-refractivity contribution in [3.63, 3.8) is 0 Å². The highest BCUT2D eigenvalue weighted by atomic mass is 16.5. The molecular weight excluding hydrogens is 324 g/mol. The molecule has 25 heavy (non-hydrogen) atoms. The molecule has 0 bridgehead atoms. The fourth-order valence-electron chi connectivity index (χ4n) is 3.01. The van der Waals surface area contributed by atoms with E-state index in [4.69, 9.17) is 18.9 Å². The number of aromatic hydroxyl groups is 1. The molecule has 6 nitrogen and oxygen atoms in total. The molecule has 0 radical (unpaired) electrons. The average Bonchev–Trinajstić information content (AvgIpc) is 2.63. The predicted octanol–water partition coefficient (Wildman–Crippen LogP) is 2.85. The molecule has 1 unspecified atom stereocenters. The number of rotatable bonds is 5. The van der Waals surface area contributed by atoms with Gasteiger partial charge in [0.05, 0.1) is 33.9 Å². The maximum absolute atomic E-state index is 13.0. The van der Waals surface area contributed by atoms with Crippen LogP contribution in [-0.2, 0) is 6.42 Å². The molecule has 0 aliphatic carbocycles. The summed E-state index contributed by atoms with van der Waals surface area (Å²) in [5.74, 6) is 0.842. The molecule has 132 valence electrons. The van der Waals surface area contributed by atoms with Gasteiger partial charge in [-0.15, -0.1) is 0 Å². The molecular formula is C19H20O6. The first-order valence-corrected chi connectivity index (χ1v) is 7.87. The quantitative estimate of drug-likeness (QED) is 0.899. The summed E-state index contributed by atoms with van der Waals surface area (Å²) in [5, 5.41) is 10.0. The third-order valence-electron chi connectivity index (χ3n) is 4.29. The number of phenols is 1. The molecule has 0 amide bonds. The van der Waals surface area contributed by atoms with E-state index in [9.17, 15) is 9.90 Å². The van der Waals surface area contributed by atoms with E-state index in [2.05, 4.69) is 0 Å². The smallest absolute Gasteiger partial charge is 0.204 e. The molecule has 1 aliphatic rings. The number of benzene rings is 2. The SMILES string of the molecule is COc1ccc(CC2COc3cc(O)c(OC)c(OC)c3C2=O)cc1. The fourth-order valence-corrected chi connectivity index (χ4v) is 3.01. The molecule has 1 atom stereocenters. The van der Waals surface area contributed by atoms with Gasteiger partial charge in [-0.05, 0) is 24.1 Å². The van der Waals surface area contributed by atoms with Gasteiger partial charge < -0.3 is 24.1 Å². The molecule has 1 aliphatic heterocycles. The molecule has 2 aromatic rings. The number of ketones is 1. The predicted molar refractivity (Wildman–Crippen MR) is 91.2 cm³/mol. The summed E-state index contributed by atoms with van der Waals surface area (Å²) >= 11 is 0.